The lowest BCUT2D eigenvalue weighted by Crippen LogP contribution is -2.60. The van der Waals surface area contributed by atoms with Crippen molar-refractivity contribution >= 4 is 47.4 Å². The number of carbonyl (C=O) groups is 2. The Bertz CT molecular complexity index is 1170. The van der Waals surface area contributed by atoms with E-state index in [1.165, 1.54) is 11.2 Å². The second-order valence-electron chi connectivity index (χ2n) is 11.2. The fraction of sp³-hybridized carbons (Fsp3) is 0.600. The molecule has 0 bridgehead atoms. The van der Waals surface area contributed by atoms with E-state index in [-0.39, 0.29) is 12.4 Å². The first-order chi connectivity index (χ1) is 17.4. The monoisotopic (exact) mass is 531 g/mol. The molecule has 12 heteroatoms. The van der Waals surface area contributed by atoms with Crippen molar-refractivity contribution in [2.24, 2.45) is 11.7 Å². The zero-order chi connectivity index (χ0) is 27.1. The molecule has 2 heterocycles. The Morgan fingerprint density at radius 1 is 1.19 bits per heavy atom. The third kappa shape index (κ3) is 6.63. The predicted molar refractivity (Wildman–Crippen MR) is 142 cm³/mol. The number of benzene rings is 1. The highest BCUT2D eigenvalue weighted by Gasteiger charge is 2.38. The van der Waals surface area contributed by atoms with E-state index in [1.807, 2.05) is 11.0 Å². The molecule has 1 aromatic heterocycles. The molecule has 4 N–H and O–H groups in total. The van der Waals surface area contributed by atoms with Crippen molar-refractivity contribution in [3.63, 3.8) is 0 Å². The summed E-state index contributed by atoms with van der Waals surface area (Å²) in [6.07, 6.45) is 4.06. The topological polar surface area (TPSA) is 142 Å². The Labute approximate surface area is 222 Å². The van der Waals surface area contributed by atoms with Crippen molar-refractivity contribution < 1.29 is 24.4 Å². The van der Waals surface area contributed by atoms with Crippen molar-refractivity contribution in [2.75, 3.05) is 24.5 Å². The van der Waals surface area contributed by atoms with Crippen LogP contribution in [0.5, 0.6) is 0 Å². The quantitative estimate of drug-likeness (QED) is 0.511. The highest BCUT2D eigenvalue weighted by atomic mass is 35.5. The van der Waals surface area contributed by atoms with Crippen LogP contribution < -0.4 is 10.6 Å². The normalized spacial score (nSPS) is 23.3. The van der Waals surface area contributed by atoms with Gasteiger partial charge in [-0.25, -0.2) is 14.8 Å². The molecule has 1 aromatic carbocycles. The van der Waals surface area contributed by atoms with Gasteiger partial charge in [0.25, 0.3) is 0 Å². The minimum absolute atomic E-state index is 0.213. The third-order valence-corrected chi connectivity index (χ3v) is 7.25. The molecule has 2 saturated carbocycles. The second-order valence-corrected chi connectivity index (χ2v) is 11.6. The van der Waals surface area contributed by atoms with Crippen LogP contribution in [0.25, 0.3) is 10.9 Å². The fourth-order valence-electron chi connectivity index (χ4n) is 4.52. The Morgan fingerprint density at radius 3 is 2.38 bits per heavy atom. The van der Waals surface area contributed by atoms with E-state index in [0.29, 0.717) is 30.7 Å². The number of carbonyl (C=O) groups excluding carboxylic acids is 2. The van der Waals surface area contributed by atoms with E-state index < -0.39 is 30.8 Å². The van der Waals surface area contributed by atoms with Crippen LogP contribution in [0.3, 0.4) is 0 Å². The van der Waals surface area contributed by atoms with Crippen LogP contribution in [0, 0.1) is 5.92 Å². The van der Waals surface area contributed by atoms with Gasteiger partial charge in [0.15, 0.2) is 0 Å². The lowest BCUT2D eigenvalue weighted by atomic mass is 9.84. The molecule has 2 aromatic rings. The molecule has 0 spiro atoms. The third-order valence-electron chi connectivity index (χ3n) is 6.92. The summed E-state index contributed by atoms with van der Waals surface area (Å²) in [5.74, 6) is 1.41. The van der Waals surface area contributed by atoms with Gasteiger partial charge in [-0.2, -0.15) is 0 Å². The summed E-state index contributed by atoms with van der Waals surface area (Å²) >= 11 is 6.52. The summed E-state index contributed by atoms with van der Waals surface area (Å²) in [5.41, 5.74) is 6.85. The number of fused-ring (bicyclic) bond motifs is 1. The van der Waals surface area contributed by atoms with Gasteiger partial charge in [-0.1, -0.05) is 31.4 Å². The van der Waals surface area contributed by atoms with Crippen LogP contribution in [0.15, 0.2) is 18.5 Å². The molecular formula is C25H35BClN5O5. The highest BCUT2D eigenvalue weighted by Crippen LogP contribution is 2.50. The van der Waals surface area contributed by atoms with Crippen molar-refractivity contribution in [3.05, 3.63) is 29.0 Å². The van der Waals surface area contributed by atoms with Crippen LogP contribution in [0.1, 0.15) is 58.4 Å². The molecule has 2 amide bonds. The number of ether oxygens (including phenoxy) is 1. The Hall–Kier alpha value is -2.63. The summed E-state index contributed by atoms with van der Waals surface area (Å²) in [5, 5.41) is 18.1. The van der Waals surface area contributed by atoms with Gasteiger partial charge in [-0.15, -0.1) is 0 Å². The molecule has 1 aliphatic heterocycles. The van der Waals surface area contributed by atoms with E-state index in [1.54, 1.807) is 20.8 Å². The predicted octanol–water partition coefficient (Wildman–Crippen LogP) is 2.94. The molecule has 10 nitrogen and oxygen atoms in total. The molecule has 5 rings (SSSR count). The number of aromatic nitrogens is 2. The molecule has 2 aliphatic carbocycles. The number of nitrogens with zero attached hydrogens (tertiary/aromatic N) is 4. The minimum Gasteiger partial charge on any atom is -0.444 e. The smallest absolute Gasteiger partial charge is 0.444 e. The summed E-state index contributed by atoms with van der Waals surface area (Å²) in [4.78, 5) is 37.1. The Balaban J connectivity index is 0.000000469. The van der Waals surface area contributed by atoms with Gasteiger partial charge < -0.3 is 25.4 Å². The van der Waals surface area contributed by atoms with Crippen molar-refractivity contribution in [3.8, 4) is 0 Å². The SMILES string of the molecule is CC1CC1c1cc2c(N3CCN(C(=O)OC(C)(C)C)C(C(N)=O)C3)ncnc2cc1Cl.OB(O)C1CC1. The van der Waals surface area contributed by atoms with E-state index in [4.69, 9.17) is 32.1 Å². The van der Waals surface area contributed by atoms with E-state index in [2.05, 4.69) is 23.0 Å². The molecule has 1 saturated heterocycles. The first kappa shape index (κ1) is 27.4. The molecule has 0 radical (unpaired) electrons. The van der Waals surface area contributed by atoms with E-state index in [0.717, 1.165) is 40.8 Å². The molecule has 3 fully saturated rings. The van der Waals surface area contributed by atoms with Crippen LogP contribution in [0.2, 0.25) is 10.8 Å². The zero-order valence-electron chi connectivity index (χ0n) is 21.7. The summed E-state index contributed by atoms with van der Waals surface area (Å²) in [7, 11) is -1.04. The number of amides is 2. The van der Waals surface area contributed by atoms with Gasteiger partial charge in [0.2, 0.25) is 5.91 Å². The van der Waals surface area contributed by atoms with Gasteiger partial charge in [-0.3, -0.25) is 9.69 Å². The largest absolute Gasteiger partial charge is 0.454 e. The Morgan fingerprint density at radius 2 is 1.86 bits per heavy atom. The van der Waals surface area contributed by atoms with Gasteiger partial charge in [-0.05, 0) is 62.5 Å². The van der Waals surface area contributed by atoms with E-state index in [9.17, 15) is 9.59 Å². The van der Waals surface area contributed by atoms with Crippen LogP contribution in [-0.2, 0) is 9.53 Å². The number of halogens is 1. The summed E-state index contributed by atoms with van der Waals surface area (Å²) in [6.45, 7) is 8.60. The number of nitrogens with two attached hydrogens (primary N) is 1. The lowest BCUT2D eigenvalue weighted by Gasteiger charge is -2.40. The zero-order valence-corrected chi connectivity index (χ0v) is 22.5. The van der Waals surface area contributed by atoms with Gasteiger partial charge in [0.05, 0.1) is 5.52 Å². The highest BCUT2D eigenvalue weighted by molar-refractivity contribution is 6.44. The fourth-order valence-corrected chi connectivity index (χ4v) is 4.82. The number of hydrogen-bond acceptors (Lipinski definition) is 8. The van der Waals surface area contributed by atoms with Crippen molar-refractivity contribution in [1.82, 2.24) is 14.9 Å². The number of piperazine rings is 1. The average Bonchev–Trinajstić information content (AvgIpc) is 3.73. The average molecular weight is 532 g/mol. The minimum atomic E-state index is -1.04. The lowest BCUT2D eigenvalue weighted by molar-refractivity contribution is -0.123. The number of primary amides is 1. The molecule has 200 valence electrons. The molecule has 3 unspecified atom stereocenters. The molecular weight excluding hydrogens is 497 g/mol. The molecule has 37 heavy (non-hydrogen) atoms. The van der Waals surface area contributed by atoms with Gasteiger partial charge in [0.1, 0.15) is 23.8 Å². The van der Waals surface area contributed by atoms with Gasteiger partial charge >= 0.3 is 13.2 Å². The van der Waals surface area contributed by atoms with Crippen LogP contribution in [-0.4, -0.2) is 75.3 Å². The van der Waals surface area contributed by atoms with E-state index >= 15 is 0 Å². The Kier molecular flexibility index (Phi) is 7.87. The standard InChI is InChI=1S/C22H28ClN5O3.C3H7BO2/c1-12-7-13(12)14-8-15-17(9-16(14)23)25-11-26-20(15)27-5-6-28(18(10-27)19(24)29)21(30)31-22(2,3)4;5-4(6)3-1-2-3/h8-9,11-13,18H,5-7,10H2,1-4H3,(H2,24,29);3,5-6H,1-2H2. The molecule has 3 aliphatic rings. The maximum atomic E-state index is 12.6. The van der Waals surface area contributed by atoms with Crippen molar-refractivity contribution in [2.45, 2.75) is 70.3 Å². The second kappa shape index (κ2) is 10.6. The van der Waals surface area contributed by atoms with Gasteiger partial charge in [0, 0.05) is 30.0 Å². The number of hydrogen-bond donors (Lipinski definition) is 3. The maximum absolute atomic E-state index is 12.6. The summed E-state index contributed by atoms with van der Waals surface area (Å²) in [6, 6.07) is 3.13. The number of rotatable bonds is 4. The first-order valence-corrected chi connectivity index (χ1v) is 13.1. The molecule has 3 atom stereocenters. The number of anilines is 1. The maximum Gasteiger partial charge on any atom is 0.454 e. The summed E-state index contributed by atoms with van der Waals surface area (Å²) < 4.78 is 5.46. The van der Waals surface area contributed by atoms with Crippen LogP contribution in [0.4, 0.5) is 10.6 Å². The van der Waals surface area contributed by atoms with Crippen LogP contribution >= 0.6 is 11.6 Å². The first-order valence-electron chi connectivity index (χ1n) is 12.7. The van der Waals surface area contributed by atoms with Crippen molar-refractivity contribution in [1.29, 1.82) is 0 Å².